The topological polar surface area (TPSA) is 40.7 Å². The second-order valence-electron chi connectivity index (χ2n) is 5.52. The van der Waals surface area contributed by atoms with Crippen molar-refractivity contribution in [3.8, 4) is 11.1 Å². The molecule has 0 bridgehead atoms. The maximum Gasteiger partial charge on any atom is 0.0746 e. The maximum absolute atomic E-state index is 4.57. The summed E-state index contributed by atoms with van der Waals surface area (Å²) in [7, 11) is 0. The van der Waals surface area contributed by atoms with Crippen LogP contribution in [0.1, 0.15) is 35.7 Å². The van der Waals surface area contributed by atoms with Crippen molar-refractivity contribution < 1.29 is 0 Å². The summed E-state index contributed by atoms with van der Waals surface area (Å²) in [5.74, 6) is 0.537. The molecule has 100 valence electrons. The third kappa shape index (κ3) is 2.43. The highest BCUT2D eigenvalue weighted by atomic mass is 15.1. The Hall–Kier alpha value is -1.61. The van der Waals surface area contributed by atoms with E-state index in [2.05, 4.69) is 53.6 Å². The lowest BCUT2D eigenvalue weighted by atomic mass is 9.90. The van der Waals surface area contributed by atoms with Crippen molar-refractivity contribution in [2.75, 3.05) is 13.1 Å². The van der Waals surface area contributed by atoms with Gasteiger partial charge in [0.15, 0.2) is 0 Å². The van der Waals surface area contributed by atoms with Gasteiger partial charge in [-0.25, -0.2) is 0 Å². The number of nitrogens with one attached hydrogen (secondary N) is 2. The number of aryl methyl sites for hydroxylation is 2. The second-order valence-corrected chi connectivity index (χ2v) is 5.52. The van der Waals surface area contributed by atoms with E-state index in [-0.39, 0.29) is 0 Å². The third-order valence-corrected chi connectivity index (χ3v) is 4.00. The molecular formula is C16H21N3. The van der Waals surface area contributed by atoms with Crippen LogP contribution in [0.5, 0.6) is 0 Å². The lowest BCUT2D eigenvalue weighted by molar-refractivity contribution is 0.455. The Balaban J connectivity index is 2.00. The fraction of sp³-hybridized carbons (Fsp3) is 0.438. The second kappa shape index (κ2) is 5.17. The van der Waals surface area contributed by atoms with Crippen molar-refractivity contribution in [1.29, 1.82) is 0 Å². The minimum Gasteiger partial charge on any atom is -0.316 e. The zero-order chi connectivity index (χ0) is 13.2. The molecule has 3 nitrogen and oxygen atoms in total. The van der Waals surface area contributed by atoms with Gasteiger partial charge in [-0.3, -0.25) is 5.10 Å². The summed E-state index contributed by atoms with van der Waals surface area (Å²) < 4.78 is 0. The van der Waals surface area contributed by atoms with Gasteiger partial charge in [-0.05, 0) is 38.8 Å². The molecule has 0 spiro atoms. The van der Waals surface area contributed by atoms with Gasteiger partial charge in [0.25, 0.3) is 0 Å². The Morgan fingerprint density at radius 2 is 1.95 bits per heavy atom. The molecule has 0 saturated carbocycles. The van der Waals surface area contributed by atoms with Gasteiger partial charge in [0.1, 0.15) is 0 Å². The number of nitrogens with zero attached hydrogens (tertiary/aromatic N) is 1. The molecule has 1 saturated heterocycles. The Morgan fingerprint density at radius 1 is 1.16 bits per heavy atom. The summed E-state index contributed by atoms with van der Waals surface area (Å²) in [6.07, 6.45) is 2.47. The molecule has 1 aromatic carbocycles. The van der Waals surface area contributed by atoms with Crippen LogP contribution in [0.3, 0.4) is 0 Å². The van der Waals surface area contributed by atoms with Crippen molar-refractivity contribution in [3.05, 3.63) is 41.2 Å². The molecule has 3 heteroatoms. The van der Waals surface area contributed by atoms with Crippen LogP contribution in [0.4, 0.5) is 0 Å². The van der Waals surface area contributed by atoms with Crippen LogP contribution in [0.25, 0.3) is 11.1 Å². The Labute approximate surface area is 114 Å². The van der Waals surface area contributed by atoms with Crippen LogP contribution in [0.2, 0.25) is 0 Å². The first-order valence-corrected chi connectivity index (χ1v) is 7.08. The highest BCUT2D eigenvalue weighted by Gasteiger charge is 2.22. The number of aromatic nitrogens is 2. The van der Waals surface area contributed by atoms with E-state index in [4.69, 9.17) is 0 Å². The zero-order valence-electron chi connectivity index (χ0n) is 11.7. The monoisotopic (exact) mass is 255 g/mol. The Morgan fingerprint density at radius 3 is 2.63 bits per heavy atom. The molecule has 19 heavy (non-hydrogen) atoms. The normalized spacial score (nSPS) is 19.6. The van der Waals surface area contributed by atoms with Crippen molar-refractivity contribution in [3.63, 3.8) is 0 Å². The number of H-pyrrole nitrogens is 1. The summed E-state index contributed by atoms with van der Waals surface area (Å²) in [4.78, 5) is 0. The summed E-state index contributed by atoms with van der Waals surface area (Å²) >= 11 is 0. The fourth-order valence-electron chi connectivity index (χ4n) is 2.91. The lowest BCUT2D eigenvalue weighted by Gasteiger charge is -2.22. The molecule has 1 aromatic heterocycles. The number of benzene rings is 1. The van der Waals surface area contributed by atoms with Gasteiger partial charge in [-0.2, -0.15) is 5.10 Å². The van der Waals surface area contributed by atoms with Gasteiger partial charge in [0, 0.05) is 23.7 Å². The van der Waals surface area contributed by atoms with Crippen LogP contribution in [-0.2, 0) is 0 Å². The van der Waals surface area contributed by atoms with Crippen molar-refractivity contribution in [2.45, 2.75) is 32.6 Å². The predicted octanol–water partition coefficient (Wildman–Crippen LogP) is 3.16. The molecule has 1 atom stereocenters. The average Bonchev–Trinajstić information content (AvgIpc) is 2.83. The molecule has 2 aromatic rings. The van der Waals surface area contributed by atoms with Crippen LogP contribution >= 0.6 is 0 Å². The first-order valence-electron chi connectivity index (χ1n) is 7.08. The van der Waals surface area contributed by atoms with Crippen LogP contribution in [-0.4, -0.2) is 23.3 Å². The molecular weight excluding hydrogens is 234 g/mol. The number of hydrogen-bond acceptors (Lipinski definition) is 2. The number of hydrogen-bond donors (Lipinski definition) is 2. The van der Waals surface area contributed by atoms with E-state index in [0.717, 1.165) is 13.1 Å². The third-order valence-electron chi connectivity index (χ3n) is 4.00. The molecule has 1 aliphatic rings. The van der Waals surface area contributed by atoms with Gasteiger partial charge in [0.05, 0.1) is 5.69 Å². The van der Waals surface area contributed by atoms with Gasteiger partial charge in [0.2, 0.25) is 0 Å². The van der Waals surface area contributed by atoms with E-state index >= 15 is 0 Å². The van der Waals surface area contributed by atoms with Gasteiger partial charge >= 0.3 is 0 Å². The standard InChI is InChI=1S/C16H21N3/c1-11-5-7-13(8-6-11)15-12(2)18-19-16(15)14-4-3-9-17-10-14/h5-8,14,17H,3-4,9-10H2,1-2H3,(H,18,19). The van der Waals surface area contributed by atoms with E-state index in [1.54, 1.807) is 0 Å². The number of aromatic amines is 1. The van der Waals surface area contributed by atoms with Crippen LogP contribution in [0.15, 0.2) is 24.3 Å². The molecule has 1 unspecified atom stereocenters. The Bertz CT molecular complexity index is 548. The summed E-state index contributed by atoms with van der Waals surface area (Å²) in [6.45, 7) is 6.42. The van der Waals surface area contributed by atoms with Gasteiger partial charge in [-0.1, -0.05) is 29.8 Å². The first kappa shape index (κ1) is 12.4. The van der Waals surface area contributed by atoms with E-state index in [1.165, 1.54) is 40.9 Å². The molecule has 2 N–H and O–H groups in total. The highest BCUT2D eigenvalue weighted by molar-refractivity contribution is 5.69. The van der Waals surface area contributed by atoms with Gasteiger partial charge in [-0.15, -0.1) is 0 Å². The lowest BCUT2D eigenvalue weighted by Crippen LogP contribution is -2.28. The van der Waals surface area contributed by atoms with Crippen molar-refractivity contribution >= 4 is 0 Å². The minimum absolute atomic E-state index is 0.537. The Kier molecular flexibility index (Phi) is 3.38. The largest absolute Gasteiger partial charge is 0.316 e. The van der Waals surface area contributed by atoms with Crippen molar-refractivity contribution in [1.82, 2.24) is 15.5 Å². The van der Waals surface area contributed by atoms with E-state index in [0.29, 0.717) is 5.92 Å². The molecule has 0 aliphatic carbocycles. The highest BCUT2D eigenvalue weighted by Crippen LogP contribution is 2.33. The minimum atomic E-state index is 0.537. The molecule has 1 aliphatic heterocycles. The van der Waals surface area contributed by atoms with Gasteiger partial charge < -0.3 is 5.32 Å². The van der Waals surface area contributed by atoms with E-state index in [1.807, 2.05) is 0 Å². The molecule has 3 rings (SSSR count). The number of piperidine rings is 1. The molecule has 1 fully saturated rings. The summed E-state index contributed by atoms with van der Waals surface area (Å²) in [5, 5.41) is 11.2. The average molecular weight is 255 g/mol. The molecule has 2 heterocycles. The van der Waals surface area contributed by atoms with Crippen LogP contribution in [0, 0.1) is 13.8 Å². The van der Waals surface area contributed by atoms with E-state index in [9.17, 15) is 0 Å². The SMILES string of the molecule is Cc1ccc(-c2c(C3CCCNC3)n[nH]c2C)cc1. The molecule has 0 radical (unpaired) electrons. The quantitative estimate of drug-likeness (QED) is 0.865. The predicted molar refractivity (Wildman–Crippen MR) is 78.3 cm³/mol. The fourth-order valence-corrected chi connectivity index (χ4v) is 2.91. The smallest absolute Gasteiger partial charge is 0.0746 e. The summed E-state index contributed by atoms with van der Waals surface area (Å²) in [6, 6.07) is 8.75. The maximum atomic E-state index is 4.57. The number of rotatable bonds is 2. The van der Waals surface area contributed by atoms with Crippen molar-refractivity contribution in [2.24, 2.45) is 0 Å². The zero-order valence-corrected chi connectivity index (χ0v) is 11.7. The van der Waals surface area contributed by atoms with Crippen LogP contribution < -0.4 is 5.32 Å². The first-order chi connectivity index (χ1) is 9.25. The van der Waals surface area contributed by atoms with E-state index < -0.39 is 0 Å². The molecule has 0 amide bonds. The summed E-state index contributed by atoms with van der Waals surface area (Å²) in [5.41, 5.74) is 6.27.